The molecular formula is C10H21NO. The van der Waals surface area contributed by atoms with Gasteiger partial charge < -0.3 is 4.90 Å². The molecule has 72 valence electrons. The quantitative estimate of drug-likeness (QED) is 0.630. The smallest absolute Gasteiger partial charge is 0.134 e. The number of nitrogens with zero attached hydrogens (tertiary/aromatic N) is 1. The molecule has 0 bridgehead atoms. The minimum Gasteiger partial charge on any atom is -0.303 e. The van der Waals surface area contributed by atoms with Crippen molar-refractivity contribution in [3.63, 3.8) is 0 Å². The van der Waals surface area contributed by atoms with Gasteiger partial charge in [-0.2, -0.15) is 0 Å². The number of hydrogen-bond donors (Lipinski definition) is 0. The summed E-state index contributed by atoms with van der Waals surface area (Å²) in [4.78, 5) is 13.3. The van der Waals surface area contributed by atoms with E-state index in [4.69, 9.17) is 0 Å². The highest BCUT2D eigenvalue weighted by Gasteiger charge is 2.15. The van der Waals surface area contributed by atoms with Gasteiger partial charge in [-0.1, -0.05) is 6.92 Å². The van der Waals surface area contributed by atoms with Gasteiger partial charge in [0.1, 0.15) is 5.78 Å². The van der Waals surface area contributed by atoms with Crippen molar-refractivity contribution in [1.29, 1.82) is 0 Å². The third kappa shape index (κ3) is 3.86. The second-order valence-corrected chi connectivity index (χ2v) is 3.75. The van der Waals surface area contributed by atoms with Crippen LogP contribution in [0.1, 0.15) is 34.1 Å². The van der Waals surface area contributed by atoms with E-state index >= 15 is 0 Å². The highest BCUT2D eigenvalue weighted by molar-refractivity contribution is 5.78. The molecule has 0 heterocycles. The van der Waals surface area contributed by atoms with E-state index in [1.807, 2.05) is 0 Å². The van der Waals surface area contributed by atoms with Crippen LogP contribution in [-0.2, 0) is 4.79 Å². The summed E-state index contributed by atoms with van der Waals surface area (Å²) in [5, 5.41) is 0. The van der Waals surface area contributed by atoms with Crippen molar-refractivity contribution in [1.82, 2.24) is 4.90 Å². The van der Waals surface area contributed by atoms with E-state index in [1.54, 1.807) is 6.92 Å². The normalized spacial score (nSPS) is 13.9. The molecule has 0 aliphatic heterocycles. The Morgan fingerprint density at radius 3 is 2.17 bits per heavy atom. The zero-order valence-corrected chi connectivity index (χ0v) is 8.92. The Balaban J connectivity index is 3.94. The third-order valence-electron chi connectivity index (χ3n) is 2.46. The minimum atomic E-state index is 0.220. The van der Waals surface area contributed by atoms with Crippen LogP contribution in [0.3, 0.4) is 0 Å². The number of Topliss-reactive ketones (excluding diaryl/α,β-unsaturated/α-hetero) is 1. The van der Waals surface area contributed by atoms with Crippen LogP contribution in [0.25, 0.3) is 0 Å². The zero-order valence-electron chi connectivity index (χ0n) is 8.92. The van der Waals surface area contributed by atoms with E-state index in [0.717, 1.165) is 13.0 Å². The maximum Gasteiger partial charge on any atom is 0.134 e. The standard InChI is InChI=1S/C10H21NO/c1-6-10(9(4)12)7-11(5)8(2)3/h8,10H,6-7H2,1-5H3. The summed E-state index contributed by atoms with van der Waals surface area (Å²) in [7, 11) is 2.07. The Kier molecular flexibility index (Phi) is 5.14. The van der Waals surface area contributed by atoms with Crippen molar-refractivity contribution < 1.29 is 4.79 Å². The molecule has 0 aliphatic rings. The Bertz CT molecular complexity index is 143. The van der Waals surface area contributed by atoms with Crippen LogP contribution in [0.2, 0.25) is 0 Å². The second-order valence-electron chi connectivity index (χ2n) is 3.75. The van der Waals surface area contributed by atoms with Crippen molar-refractivity contribution in [2.75, 3.05) is 13.6 Å². The summed E-state index contributed by atoms with van der Waals surface area (Å²) >= 11 is 0. The fourth-order valence-electron chi connectivity index (χ4n) is 1.10. The molecule has 0 aromatic carbocycles. The second kappa shape index (κ2) is 5.31. The molecule has 0 aromatic heterocycles. The summed E-state index contributed by atoms with van der Waals surface area (Å²) in [6.45, 7) is 8.94. The molecule has 0 fully saturated rings. The zero-order chi connectivity index (χ0) is 9.72. The van der Waals surface area contributed by atoms with Crippen LogP contribution >= 0.6 is 0 Å². The van der Waals surface area contributed by atoms with E-state index in [-0.39, 0.29) is 5.92 Å². The van der Waals surface area contributed by atoms with E-state index in [9.17, 15) is 4.79 Å². The van der Waals surface area contributed by atoms with Gasteiger partial charge in [-0.25, -0.2) is 0 Å². The fourth-order valence-corrected chi connectivity index (χ4v) is 1.10. The van der Waals surface area contributed by atoms with Gasteiger partial charge in [0.05, 0.1) is 0 Å². The lowest BCUT2D eigenvalue weighted by Gasteiger charge is -2.24. The van der Waals surface area contributed by atoms with Crippen LogP contribution in [-0.4, -0.2) is 30.3 Å². The number of rotatable bonds is 5. The van der Waals surface area contributed by atoms with Gasteiger partial charge in [0, 0.05) is 18.5 Å². The first-order chi connectivity index (χ1) is 5.49. The van der Waals surface area contributed by atoms with Gasteiger partial charge in [-0.3, -0.25) is 4.79 Å². The van der Waals surface area contributed by atoms with E-state index in [2.05, 4.69) is 32.7 Å². The molecule has 2 heteroatoms. The number of carbonyl (C=O) groups is 1. The van der Waals surface area contributed by atoms with E-state index in [1.165, 1.54) is 0 Å². The van der Waals surface area contributed by atoms with Crippen LogP contribution in [0.4, 0.5) is 0 Å². The van der Waals surface area contributed by atoms with Gasteiger partial charge in [0.25, 0.3) is 0 Å². The first-order valence-corrected chi connectivity index (χ1v) is 4.69. The number of carbonyl (C=O) groups excluding carboxylic acids is 1. The molecule has 0 saturated carbocycles. The lowest BCUT2D eigenvalue weighted by molar-refractivity contribution is -0.121. The first-order valence-electron chi connectivity index (χ1n) is 4.69. The predicted molar refractivity (Wildman–Crippen MR) is 52.2 cm³/mol. The van der Waals surface area contributed by atoms with Crippen molar-refractivity contribution >= 4 is 5.78 Å². The summed E-state index contributed by atoms with van der Waals surface area (Å²) in [5.74, 6) is 0.530. The first kappa shape index (κ1) is 11.6. The molecule has 0 aliphatic carbocycles. The largest absolute Gasteiger partial charge is 0.303 e. The van der Waals surface area contributed by atoms with Crippen molar-refractivity contribution in [2.24, 2.45) is 5.92 Å². The van der Waals surface area contributed by atoms with Gasteiger partial charge in [0.15, 0.2) is 0 Å². The summed E-state index contributed by atoms with van der Waals surface area (Å²) in [6.07, 6.45) is 0.951. The van der Waals surface area contributed by atoms with Gasteiger partial charge in [-0.05, 0) is 34.2 Å². The Morgan fingerprint density at radius 2 is 1.92 bits per heavy atom. The Hall–Kier alpha value is -0.370. The molecule has 0 radical (unpaired) electrons. The van der Waals surface area contributed by atoms with Gasteiger partial charge in [-0.15, -0.1) is 0 Å². The molecule has 0 amide bonds. The van der Waals surface area contributed by atoms with E-state index in [0.29, 0.717) is 11.8 Å². The topological polar surface area (TPSA) is 20.3 Å². The lowest BCUT2D eigenvalue weighted by Crippen LogP contribution is -2.33. The molecule has 0 aromatic rings. The molecular weight excluding hydrogens is 150 g/mol. The maximum absolute atomic E-state index is 11.1. The summed E-state index contributed by atoms with van der Waals surface area (Å²) < 4.78 is 0. The van der Waals surface area contributed by atoms with Crippen LogP contribution in [0.5, 0.6) is 0 Å². The average molecular weight is 171 g/mol. The van der Waals surface area contributed by atoms with Crippen LogP contribution < -0.4 is 0 Å². The minimum absolute atomic E-state index is 0.220. The molecule has 1 atom stereocenters. The highest BCUT2D eigenvalue weighted by atomic mass is 16.1. The summed E-state index contributed by atoms with van der Waals surface area (Å²) in [5.41, 5.74) is 0. The van der Waals surface area contributed by atoms with Crippen molar-refractivity contribution in [2.45, 2.75) is 40.2 Å². The Morgan fingerprint density at radius 1 is 1.42 bits per heavy atom. The molecule has 1 unspecified atom stereocenters. The maximum atomic E-state index is 11.1. The molecule has 12 heavy (non-hydrogen) atoms. The third-order valence-corrected chi connectivity index (χ3v) is 2.46. The van der Waals surface area contributed by atoms with Crippen molar-refractivity contribution in [3.05, 3.63) is 0 Å². The van der Waals surface area contributed by atoms with Gasteiger partial charge >= 0.3 is 0 Å². The van der Waals surface area contributed by atoms with Crippen molar-refractivity contribution in [3.8, 4) is 0 Å². The van der Waals surface area contributed by atoms with Crippen LogP contribution in [0, 0.1) is 5.92 Å². The fraction of sp³-hybridized carbons (Fsp3) is 0.900. The summed E-state index contributed by atoms with van der Waals surface area (Å²) in [6, 6.07) is 0.526. The number of ketones is 1. The SMILES string of the molecule is CCC(CN(C)C(C)C)C(C)=O. The molecule has 2 nitrogen and oxygen atoms in total. The average Bonchev–Trinajstić information content (AvgIpc) is 1.98. The predicted octanol–water partition coefficient (Wildman–Crippen LogP) is 1.94. The highest BCUT2D eigenvalue weighted by Crippen LogP contribution is 2.07. The van der Waals surface area contributed by atoms with Crippen LogP contribution in [0.15, 0.2) is 0 Å². The monoisotopic (exact) mass is 171 g/mol. The molecule has 0 saturated heterocycles. The number of hydrogen-bond acceptors (Lipinski definition) is 2. The molecule has 0 N–H and O–H groups in total. The van der Waals surface area contributed by atoms with E-state index < -0.39 is 0 Å². The molecule has 0 spiro atoms. The van der Waals surface area contributed by atoms with Gasteiger partial charge in [0.2, 0.25) is 0 Å². The Labute approximate surface area is 75.9 Å². The molecule has 0 rings (SSSR count). The lowest BCUT2D eigenvalue weighted by atomic mass is 10.0.